The van der Waals surface area contributed by atoms with Gasteiger partial charge in [0.1, 0.15) is 0 Å². The number of hydrogen-bond donors (Lipinski definition) is 2. The smallest absolute Gasteiger partial charge is 0.795 e. The Kier molecular flexibility index (Phi) is 7.61. The zero-order valence-electron chi connectivity index (χ0n) is 7.20. The van der Waals surface area contributed by atoms with E-state index in [0.717, 1.165) is 6.66 Å². The Hall–Kier alpha value is 0.550. The van der Waals surface area contributed by atoms with Crippen LogP contribution in [0.15, 0.2) is 5.10 Å². The zero-order chi connectivity index (χ0) is 9.07. The van der Waals surface area contributed by atoms with Gasteiger partial charge in [0, 0.05) is 0 Å². The van der Waals surface area contributed by atoms with Gasteiger partial charge in [0.05, 0.1) is 12.8 Å². The number of thiocarbonyl (C=S) groups is 1. The molecule has 0 heterocycles. The van der Waals surface area contributed by atoms with Gasteiger partial charge in [-0.15, -0.1) is 0 Å². The second-order valence-corrected chi connectivity index (χ2v) is 4.76. The van der Waals surface area contributed by atoms with E-state index in [4.69, 9.17) is 5.73 Å². The summed E-state index contributed by atoms with van der Waals surface area (Å²) in [5.41, 5.74) is 7.16. The van der Waals surface area contributed by atoms with E-state index in [2.05, 4.69) is 22.7 Å². The quantitative estimate of drug-likeness (QED) is 0.164. The molecule has 64 valence electrons. The fourth-order valence-corrected chi connectivity index (χ4v) is 0.504. The molecule has 0 aliphatic carbocycles. The molecule has 1 atom stereocenters. The van der Waals surface area contributed by atoms with Crippen LogP contribution in [0.5, 0.6) is 0 Å². The summed E-state index contributed by atoms with van der Waals surface area (Å²) in [5.74, 6) is 0. The number of hydrazone groups is 1. The van der Waals surface area contributed by atoms with Gasteiger partial charge in [-0.05, 0) is 25.8 Å². The van der Waals surface area contributed by atoms with E-state index in [1.807, 2.05) is 0 Å². The van der Waals surface area contributed by atoms with Crippen LogP contribution in [0.25, 0.3) is 0 Å². The molecule has 8 heteroatoms. The molecule has 0 rings (SSSR count). The molecule has 0 saturated carbocycles. The van der Waals surface area contributed by atoms with Crippen LogP contribution >= 0.6 is 19.6 Å². The number of nitrogens with zero attached hydrogens (tertiary/aromatic N) is 1. The Morgan fingerprint density at radius 1 is 1.75 bits per heavy atom. The van der Waals surface area contributed by atoms with Crippen LogP contribution < -0.4 is 45.6 Å². The second kappa shape index (κ2) is 6.07. The van der Waals surface area contributed by atoms with Gasteiger partial charge in [-0.25, -0.2) is 0 Å². The summed E-state index contributed by atoms with van der Waals surface area (Å²) in [6.07, 6.45) is 0. The van der Waals surface area contributed by atoms with Crippen LogP contribution in [-0.4, -0.2) is 17.2 Å². The molecule has 1 unspecified atom stereocenters. The van der Waals surface area contributed by atoms with Crippen LogP contribution in [-0.2, 0) is 4.57 Å². The fourth-order valence-electron chi connectivity index (χ4n) is 0.227. The van der Waals surface area contributed by atoms with Crippen molar-refractivity contribution in [1.29, 1.82) is 0 Å². The minimum atomic E-state index is -3.49. The molecule has 0 aliphatic rings. The van der Waals surface area contributed by atoms with Crippen molar-refractivity contribution in [1.82, 2.24) is 5.43 Å². The van der Waals surface area contributed by atoms with Crippen molar-refractivity contribution in [3.63, 3.8) is 0 Å². The van der Waals surface area contributed by atoms with E-state index in [1.165, 1.54) is 6.92 Å². The minimum Gasteiger partial charge on any atom is -0.795 e. The predicted molar refractivity (Wildman–Crippen MR) is 46.6 cm³/mol. The largest absolute Gasteiger partial charge is 1.00 e. The number of rotatable bonds is 2. The summed E-state index contributed by atoms with van der Waals surface area (Å²) in [7, 11) is -3.49. The molecule has 3 N–H and O–H groups in total. The SMILES string of the molecule is CC(=NNC(N)=S)P(C)(=O)[O-].[Na+]. The standard InChI is InChI=1S/C4H10N3O2PS.Na/c1-3(10(2,8)9)6-7-4(5)11;/h1-2H3,(H,8,9)(H3,5,7,11);/q;+1/p-1. The first-order valence-corrected chi connectivity index (χ1v) is 5.21. The van der Waals surface area contributed by atoms with Gasteiger partial charge in [0.2, 0.25) is 0 Å². The molecule has 12 heavy (non-hydrogen) atoms. The monoisotopic (exact) mass is 217 g/mol. The maximum absolute atomic E-state index is 10.7. The van der Waals surface area contributed by atoms with E-state index in [-0.39, 0.29) is 40.1 Å². The van der Waals surface area contributed by atoms with Crippen molar-refractivity contribution < 1.29 is 39.0 Å². The number of nitrogens with two attached hydrogens (primary N) is 1. The van der Waals surface area contributed by atoms with Crippen LogP contribution in [0.4, 0.5) is 0 Å². The van der Waals surface area contributed by atoms with Crippen molar-refractivity contribution in [2.24, 2.45) is 10.8 Å². The Morgan fingerprint density at radius 2 is 2.17 bits per heavy atom. The van der Waals surface area contributed by atoms with Gasteiger partial charge in [-0.2, -0.15) is 5.10 Å². The summed E-state index contributed by atoms with van der Waals surface area (Å²) >= 11 is 4.40. The minimum absolute atomic E-state index is 0. The van der Waals surface area contributed by atoms with Gasteiger partial charge in [-0.3, -0.25) is 5.43 Å². The first-order valence-electron chi connectivity index (χ1n) is 2.73. The van der Waals surface area contributed by atoms with Crippen LogP contribution in [0, 0.1) is 0 Å². The maximum atomic E-state index is 10.7. The Balaban J connectivity index is 0. The molecule has 0 aromatic rings. The van der Waals surface area contributed by atoms with Crippen molar-refractivity contribution >= 4 is 30.2 Å². The topological polar surface area (TPSA) is 90.5 Å². The third kappa shape index (κ3) is 7.21. The third-order valence-corrected chi connectivity index (χ3v) is 2.28. The molecule has 0 spiro atoms. The Labute approximate surface area is 98.5 Å². The first kappa shape index (κ1) is 15.0. The van der Waals surface area contributed by atoms with Crippen molar-refractivity contribution in [3.05, 3.63) is 0 Å². The molecule has 5 nitrogen and oxygen atoms in total. The summed E-state index contributed by atoms with van der Waals surface area (Å²) in [5, 5.41) is 3.36. The average molecular weight is 217 g/mol. The van der Waals surface area contributed by atoms with E-state index in [1.54, 1.807) is 0 Å². The first-order chi connectivity index (χ1) is 4.84. The van der Waals surface area contributed by atoms with E-state index in [0.29, 0.717) is 0 Å². The summed E-state index contributed by atoms with van der Waals surface area (Å²) in [6.45, 7) is 2.44. The van der Waals surface area contributed by atoms with Crippen LogP contribution in [0.2, 0.25) is 0 Å². The molecule has 0 aliphatic heterocycles. The Bertz CT molecular complexity index is 238. The van der Waals surface area contributed by atoms with Crippen molar-refractivity contribution in [2.75, 3.05) is 6.66 Å². The van der Waals surface area contributed by atoms with E-state index in [9.17, 15) is 9.46 Å². The van der Waals surface area contributed by atoms with Gasteiger partial charge >= 0.3 is 29.6 Å². The van der Waals surface area contributed by atoms with Crippen molar-refractivity contribution in [3.8, 4) is 0 Å². The van der Waals surface area contributed by atoms with Crippen molar-refractivity contribution in [2.45, 2.75) is 6.92 Å². The zero-order valence-corrected chi connectivity index (χ0v) is 10.9. The summed E-state index contributed by atoms with van der Waals surface area (Å²) in [6, 6.07) is 0. The van der Waals surface area contributed by atoms with Crippen LogP contribution in [0.1, 0.15) is 6.92 Å². The number of hydrogen-bond acceptors (Lipinski definition) is 4. The summed E-state index contributed by atoms with van der Waals surface area (Å²) in [4.78, 5) is 10.7. The van der Waals surface area contributed by atoms with Gasteiger partial charge < -0.3 is 15.2 Å². The third-order valence-electron chi connectivity index (χ3n) is 0.916. The normalized spacial score (nSPS) is 15.8. The molecule has 0 aromatic carbocycles. The van der Waals surface area contributed by atoms with Crippen LogP contribution in [0.3, 0.4) is 0 Å². The average Bonchev–Trinajstić information content (AvgIpc) is 1.80. The molecule has 0 aromatic heterocycles. The van der Waals surface area contributed by atoms with E-state index >= 15 is 0 Å². The van der Waals surface area contributed by atoms with Gasteiger partial charge in [-0.1, -0.05) is 0 Å². The van der Waals surface area contributed by atoms with Gasteiger partial charge in [0.15, 0.2) is 5.11 Å². The molecule has 0 fully saturated rings. The van der Waals surface area contributed by atoms with Gasteiger partial charge in [0.25, 0.3) is 0 Å². The Morgan fingerprint density at radius 3 is 2.42 bits per heavy atom. The number of nitrogens with one attached hydrogen (secondary N) is 1. The molecule has 0 amide bonds. The molecule has 0 saturated heterocycles. The maximum Gasteiger partial charge on any atom is 1.00 e. The van der Waals surface area contributed by atoms with E-state index < -0.39 is 7.37 Å². The molecular formula is C4H9N3NaO2PS. The fraction of sp³-hybridized carbons (Fsp3) is 0.500. The molecule has 0 bridgehead atoms. The second-order valence-electron chi connectivity index (χ2n) is 1.98. The summed E-state index contributed by atoms with van der Waals surface area (Å²) < 4.78 is 10.7. The molecular weight excluding hydrogens is 208 g/mol. The molecule has 0 radical (unpaired) electrons. The predicted octanol–water partition coefficient (Wildman–Crippen LogP) is -3.57.